The third-order valence-corrected chi connectivity index (χ3v) is 5.89. The van der Waals surface area contributed by atoms with Gasteiger partial charge in [0.1, 0.15) is 0 Å². The van der Waals surface area contributed by atoms with Crippen LogP contribution in [-0.2, 0) is 16.6 Å². The van der Waals surface area contributed by atoms with Gasteiger partial charge in [-0.3, -0.25) is 9.59 Å². The first-order valence-electron chi connectivity index (χ1n) is 9.09. The molecule has 2 aliphatic carbocycles. The van der Waals surface area contributed by atoms with Gasteiger partial charge in [0.15, 0.2) is 5.78 Å². The van der Waals surface area contributed by atoms with Gasteiger partial charge in [0.2, 0.25) is 5.91 Å². The minimum Gasteiger partial charge on any atom is -0.369 e. The fourth-order valence-corrected chi connectivity index (χ4v) is 3.97. The van der Waals surface area contributed by atoms with Crippen LogP contribution in [0.5, 0.6) is 0 Å². The Kier molecular flexibility index (Phi) is 3.52. The number of Topliss-reactive ketones (excluding diaryl/α,β-unsaturated/α-hetero) is 1. The number of rotatable bonds is 4. The van der Waals surface area contributed by atoms with Crippen LogP contribution < -0.4 is 11.1 Å². The van der Waals surface area contributed by atoms with Gasteiger partial charge in [0, 0.05) is 22.4 Å². The summed E-state index contributed by atoms with van der Waals surface area (Å²) < 4.78 is 0. The van der Waals surface area contributed by atoms with Crippen molar-refractivity contribution in [2.45, 2.75) is 45.4 Å². The lowest BCUT2D eigenvalue weighted by atomic mass is 9.89. The predicted molar refractivity (Wildman–Crippen MR) is 103 cm³/mol. The van der Waals surface area contributed by atoms with Crippen molar-refractivity contribution in [3.8, 4) is 0 Å². The summed E-state index contributed by atoms with van der Waals surface area (Å²) in [5.74, 6) is -0.0278. The maximum atomic E-state index is 12.4. The van der Waals surface area contributed by atoms with Crippen molar-refractivity contribution in [1.82, 2.24) is 0 Å². The van der Waals surface area contributed by atoms with E-state index in [-0.39, 0.29) is 17.1 Å². The summed E-state index contributed by atoms with van der Waals surface area (Å²) in [5.41, 5.74) is 10.7. The first-order valence-corrected chi connectivity index (χ1v) is 9.09. The Morgan fingerprint density at radius 2 is 1.85 bits per heavy atom. The van der Waals surface area contributed by atoms with Crippen molar-refractivity contribution < 1.29 is 9.59 Å². The minimum atomic E-state index is -0.488. The first-order chi connectivity index (χ1) is 12.2. The molecule has 4 heteroatoms. The highest BCUT2D eigenvalue weighted by atomic mass is 16.1. The van der Waals surface area contributed by atoms with E-state index >= 15 is 0 Å². The van der Waals surface area contributed by atoms with E-state index in [4.69, 9.17) is 5.73 Å². The summed E-state index contributed by atoms with van der Waals surface area (Å²) in [6.45, 7) is 6.03. The second-order valence-corrected chi connectivity index (χ2v) is 8.36. The Hall–Kier alpha value is -2.62. The zero-order chi connectivity index (χ0) is 18.7. The minimum absolute atomic E-state index is 0.217. The molecule has 0 unspecified atom stereocenters. The SMILES string of the molecule is Cc1ccc(C2(C(N)=O)CC2)cc1Nc1ccc2c(c1)CC(C)(C)C2=O. The number of amides is 1. The lowest BCUT2D eigenvalue weighted by Gasteiger charge is -2.16. The van der Waals surface area contributed by atoms with Crippen molar-refractivity contribution >= 4 is 23.1 Å². The first kappa shape index (κ1) is 16.8. The number of aryl methyl sites for hydroxylation is 1. The monoisotopic (exact) mass is 348 g/mol. The molecule has 3 N–H and O–H groups in total. The average molecular weight is 348 g/mol. The maximum Gasteiger partial charge on any atom is 0.228 e. The summed E-state index contributed by atoms with van der Waals surface area (Å²) >= 11 is 0. The predicted octanol–water partition coefficient (Wildman–Crippen LogP) is 4.02. The van der Waals surface area contributed by atoms with Gasteiger partial charge in [-0.1, -0.05) is 26.0 Å². The van der Waals surface area contributed by atoms with E-state index in [1.165, 1.54) is 0 Å². The lowest BCUT2D eigenvalue weighted by Crippen LogP contribution is -2.28. The summed E-state index contributed by atoms with van der Waals surface area (Å²) in [6.07, 6.45) is 2.41. The normalized spacial score (nSPS) is 19.1. The molecule has 2 aliphatic rings. The average Bonchev–Trinajstić information content (AvgIpc) is 3.34. The van der Waals surface area contributed by atoms with E-state index in [9.17, 15) is 9.59 Å². The maximum absolute atomic E-state index is 12.4. The molecule has 2 aromatic carbocycles. The molecule has 0 saturated heterocycles. The van der Waals surface area contributed by atoms with E-state index in [0.717, 1.165) is 52.9 Å². The Morgan fingerprint density at radius 1 is 1.12 bits per heavy atom. The van der Waals surface area contributed by atoms with E-state index < -0.39 is 5.41 Å². The number of fused-ring (bicyclic) bond motifs is 1. The molecule has 0 aromatic heterocycles. The Labute approximate surface area is 153 Å². The molecule has 134 valence electrons. The largest absolute Gasteiger partial charge is 0.369 e. The standard InChI is InChI=1S/C22H24N2O2/c1-13-4-5-15(22(8-9-22)20(23)26)11-18(13)24-16-6-7-17-14(10-16)12-21(2,3)19(17)25/h4-7,10-11,24H,8-9,12H2,1-3H3,(H2,23,26). The zero-order valence-corrected chi connectivity index (χ0v) is 15.5. The van der Waals surface area contributed by atoms with Gasteiger partial charge in [0.05, 0.1) is 5.41 Å². The van der Waals surface area contributed by atoms with E-state index in [1.807, 2.05) is 51.1 Å². The quantitative estimate of drug-likeness (QED) is 0.876. The van der Waals surface area contributed by atoms with Crippen LogP contribution in [0.15, 0.2) is 36.4 Å². The van der Waals surface area contributed by atoms with Gasteiger partial charge in [-0.25, -0.2) is 0 Å². The van der Waals surface area contributed by atoms with Crippen LogP contribution in [0.2, 0.25) is 0 Å². The highest BCUT2D eigenvalue weighted by Crippen LogP contribution is 2.48. The molecule has 1 amide bonds. The van der Waals surface area contributed by atoms with Gasteiger partial charge in [0.25, 0.3) is 0 Å². The molecule has 0 atom stereocenters. The molecule has 4 rings (SSSR count). The summed E-state index contributed by atoms with van der Waals surface area (Å²) in [6, 6.07) is 12.0. The summed E-state index contributed by atoms with van der Waals surface area (Å²) in [5, 5.41) is 3.46. The van der Waals surface area contributed by atoms with Gasteiger partial charge < -0.3 is 11.1 Å². The highest BCUT2D eigenvalue weighted by Gasteiger charge is 2.50. The number of ketones is 1. The molecule has 0 aliphatic heterocycles. The molecule has 0 heterocycles. The van der Waals surface area contributed by atoms with Gasteiger partial charge in [-0.15, -0.1) is 0 Å². The van der Waals surface area contributed by atoms with Crippen LogP contribution in [0, 0.1) is 12.3 Å². The number of primary amides is 1. The number of carbonyl (C=O) groups excluding carboxylic acids is 2. The topological polar surface area (TPSA) is 72.2 Å². The molecule has 2 aromatic rings. The third-order valence-electron chi connectivity index (χ3n) is 5.89. The molecular weight excluding hydrogens is 324 g/mol. The van der Waals surface area contributed by atoms with Crippen LogP contribution in [0.3, 0.4) is 0 Å². The van der Waals surface area contributed by atoms with Crippen LogP contribution >= 0.6 is 0 Å². The molecular formula is C22H24N2O2. The number of benzene rings is 2. The van der Waals surface area contributed by atoms with Crippen molar-refractivity contribution in [2.75, 3.05) is 5.32 Å². The second-order valence-electron chi connectivity index (χ2n) is 8.36. The van der Waals surface area contributed by atoms with E-state index in [2.05, 4.69) is 11.4 Å². The number of hydrogen-bond acceptors (Lipinski definition) is 3. The molecule has 1 fully saturated rings. The van der Waals surface area contributed by atoms with Crippen LogP contribution in [0.25, 0.3) is 0 Å². The van der Waals surface area contributed by atoms with Crippen molar-refractivity contribution in [2.24, 2.45) is 11.1 Å². The van der Waals surface area contributed by atoms with Crippen molar-refractivity contribution in [1.29, 1.82) is 0 Å². The van der Waals surface area contributed by atoms with E-state index in [0.29, 0.717) is 0 Å². The highest BCUT2D eigenvalue weighted by molar-refractivity contribution is 6.04. The molecule has 0 bridgehead atoms. The third kappa shape index (κ3) is 2.52. The smallest absolute Gasteiger partial charge is 0.228 e. The Balaban J connectivity index is 1.65. The zero-order valence-electron chi connectivity index (χ0n) is 15.5. The molecule has 1 saturated carbocycles. The molecule has 0 radical (unpaired) electrons. The number of anilines is 2. The summed E-state index contributed by atoms with van der Waals surface area (Å²) in [7, 11) is 0. The fourth-order valence-electron chi connectivity index (χ4n) is 3.97. The van der Waals surface area contributed by atoms with Crippen LogP contribution in [-0.4, -0.2) is 11.7 Å². The van der Waals surface area contributed by atoms with Crippen LogP contribution in [0.4, 0.5) is 11.4 Å². The molecule has 4 nitrogen and oxygen atoms in total. The summed E-state index contributed by atoms with van der Waals surface area (Å²) in [4.78, 5) is 24.2. The number of carbonyl (C=O) groups is 2. The van der Waals surface area contributed by atoms with E-state index in [1.54, 1.807) is 0 Å². The molecule has 0 spiro atoms. The fraction of sp³-hybridized carbons (Fsp3) is 0.364. The van der Waals surface area contributed by atoms with Crippen LogP contribution in [0.1, 0.15) is 53.7 Å². The van der Waals surface area contributed by atoms with Gasteiger partial charge >= 0.3 is 0 Å². The van der Waals surface area contributed by atoms with Crippen molar-refractivity contribution in [3.05, 3.63) is 58.7 Å². The number of hydrogen-bond donors (Lipinski definition) is 2. The van der Waals surface area contributed by atoms with Gasteiger partial charge in [-0.05, 0) is 67.1 Å². The lowest BCUT2D eigenvalue weighted by molar-refractivity contribution is -0.120. The molecule has 26 heavy (non-hydrogen) atoms. The number of nitrogens with one attached hydrogen (secondary N) is 1. The Morgan fingerprint density at radius 3 is 2.50 bits per heavy atom. The number of nitrogens with two attached hydrogens (primary N) is 1. The second kappa shape index (κ2) is 5.44. The van der Waals surface area contributed by atoms with Crippen molar-refractivity contribution in [3.63, 3.8) is 0 Å². The Bertz CT molecular complexity index is 939. The van der Waals surface area contributed by atoms with Gasteiger partial charge in [-0.2, -0.15) is 0 Å².